The van der Waals surface area contributed by atoms with Gasteiger partial charge in [0, 0.05) is 25.5 Å². The summed E-state index contributed by atoms with van der Waals surface area (Å²) in [4.78, 5) is 11.7. The lowest BCUT2D eigenvalue weighted by Gasteiger charge is -2.40. The van der Waals surface area contributed by atoms with Crippen molar-refractivity contribution in [1.82, 2.24) is 5.32 Å². The molecule has 2 unspecified atom stereocenters. The highest BCUT2D eigenvalue weighted by Crippen LogP contribution is 2.43. The molecule has 3 N–H and O–H groups in total. The molecule has 0 radical (unpaired) electrons. The Hall–Kier alpha value is -1.75. The van der Waals surface area contributed by atoms with Gasteiger partial charge in [-0.2, -0.15) is 0 Å². The molecule has 0 saturated carbocycles. The van der Waals surface area contributed by atoms with E-state index in [1.165, 1.54) is 58.3 Å². The molecule has 0 aromatic heterocycles. The first-order valence-corrected chi connectivity index (χ1v) is 11.8. The number of phenolic OH excluding ortho intramolecular Hbond substituents is 1. The fraction of sp³-hybridized carbons (Fsp3) is 0.720. The molecule has 0 saturated heterocycles. The van der Waals surface area contributed by atoms with Crippen molar-refractivity contribution in [2.24, 2.45) is 0 Å². The Morgan fingerprint density at radius 3 is 2.17 bits per heavy atom. The van der Waals surface area contributed by atoms with Gasteiger partial charge in [0.1, 0.15) is 17.1 Å². The monoisotopic (exact) mass is 419 g/mol. The molecule has 2 atom stereocenters. The predicted molar refractivity (Wildman–Crippen MR) is 121 cm³/mol. The van der Waals surface area contributed by atoms with E-state index in [0.29, 0.717) is 6.61 Å². The van der Waals surface area contributed by atoms with Crippen LogP contribution in [0.2, 0.25) is 0 Å². The number of fused-ring (bicyclic) bond motifs is 1. The van der Waals surface area contributed by atoms with Crippen LogP contribution in [0, 0.1) is 0 Å². The van der Waals surface area contributed by atoms with Gasteiger partial charge in [-0.1, -0.05) is 57.8 Å². The Kier molecular flexibility index (Phi) is 10.5. The maximum absolute atomic E-state index is 11.7. The first kappa shape index (κ1) is 24.5. The van der Waals surface area contributed by atoms with Gasteiger partial charge in [0.25, 0.3) is 0 Å². The number of amides is 1. The SMILES string of the molecule is CC(=O)NC1CC(C)(CCCCCCCCCCCCCO)Oc2ccc(O)cc21. The molecule has 1 aromatic carbocycles. The van der Waals surface area contributed by atoms with Gasteiger partial charge < -0.3 is 20.3 Å². The zero-order valence-corrected chi connectivity index (χ0v) is 18.9. The van der Waals surface area contributed by atoms with Crippen LogP contribution in [0.5, 0.6) is 11.5 Å². The normalized spacial score (nSPS) is 20.4. The maximum Gasteiger partial charge on any atom is 0.217 e. The van der Waals surface area contributed by atoms with Crippen molar-refractivity contribution in [3.05, 3.63) is 23.8 Å². The number of aliphatic hydroxyl groups is 1. The average Bonchev–Trinajstić information content (AvgIpc) is 2.69. The standard InChI is InChI=1S/C25H41NO4/c1-20(28)26-23-19-25(2,30-24-15-14-21(29)18-22(23)24)16-12-10-8-6-4-3-5-7-9-11-13-17-27/h14-15,18,23,27,29H,3-13,16-17,19H2,1-2H3,(H,26,28). The number of ether oxygens (including phenoxy) is 1. The zero-order chi connectivity index (χ0) is 21.8. The number of nitrogens with one attached hydrogen (secondary N) is 1. The number of carbonyl (C=O) groups is 1. The second-order valence-electron chi connectivity index (χ2n) is 9.09. The second-order valence-corrected chi connectivity index (χ2v) is 9.09. The molecular weight excluding hydrogens is 378 g/mol. The van der Waals surface area contributed by atoms with E-state index >= 15 is 0 Å². The van der Waals surface area contributed by atoms with Crippen molar-refractivity contribution in [2.45, 2.75) is 109 Å². The molecule has 170 valence electrons. The molecule has 5 heteroatoms. The number of aromatic hydroxyl groups is 1. The van der Waals surface area contributed by atoms with E-state index in [4.69, 9.17) is 9.84 Å². The third-order valence-corrected chi connectivity index (χ3v) is 6.10. The number of hydrogen-bond acceptors (Lipinski definition) is 4. The van der Waals surface area contributed by atoms with Crippen molar-refractivity contribution in [3.8, 4) is 11.5 Å². The summed E-state index contributed by atoms with van der Waals surface area (Å²) in [6.07, 6.45) is 15.2. The van der Waals surface area contributed by atoms with Crippen LogP contribution in [0.4, 0.5) is 0 Å². The second kappa shape index (κ2) is 12.8. The fourth-order valence-electron chi connectivity index (χ4n) is 4.48. The van der Waals surface area contributed by atoms with Gasteiger partial charge in [0.2, 0.25) is 5.91 Å². The van der Waals surface area contributed by atoms with Crippen molar-refractivity contribution < 1.29 is 19.7 Å². The van der Waals surface area contributed by atoms with Crippen LogP contribution in [0.15, 0.2) is 18.2 Å². The van der Waals surface area contributed by atoms with Gasteiger partial charge >= 0.3 is 0 Å². The van der Waals surface area contributed by atoms with E-state index in [0.717, 1.165) is 43.4 Å². The summed E-state index contributed by atoms with van der Waals surface area (Å²) < 4.78 is 6.31. The molecule has 1 amide bonds. The molecule has 0 aliphatic carbocycles. The summed E-state index contributed by atoms with van der Waals surface area (Å²) in [7, 11) is 0. The van der Waals surface area contributed by atoms with Gasteiger partial charge in [-0.05, 0) is 44.4 Å². The van der Waals surface area contributed by atoms with Crippen LogP contribution in [-0.2, 0) is 4.79 Å². The van der Waals surface area contributed by atoms with Crippen molar-refractivity contribution in [1.29, 1.82) is 0 Å². The molecule has 1 aromatic rings. The van der Waals surface area contributed by atoms with Gasteiger partial charge in [-0.25, -0.2) is 0 Å². The average molecular weight is 420 g/mol. The van der Waals surface area contributed by atoms with E-state index in [1.807, 2.05) is 0 Å². The molecule has 1 aliphatic heterocycles. The van der Waals surface area contributed by atoms with Crippen molar-refractivity contribution in [2.75, 3.05) is 6.61 Å². The topological polar surface area (TPSA) is 78.8 Å². The summed E-state index contributed by atoms with van der Waals surface area (Å²) in [5.74, 6) is 0.896. The third-order valence-electron chi connectivity index (χ3n) is 6.10. The number of rotatable bonds is 14. The molecule has 0 spiro atoms. The maximum atomic E-state index is 11.7. The van der Waals surface area contributed by atoms with Gasteiger partial charge in [0.15, 0.2) is 0 Å². The van der Waals surface area contributed by atoms with Crippen LogP contribution in [0.1, 0.15) is 109 Å². The number of aliphatic hydroxyl groups excluding tert-OH is 1. The van der Waals surface area contributed by atoms with Gasteiger partial charge in [-0.15, -0.1) is 0 Å². The smallest absolute Gasteiger partial charge is 0.217 e. The third kappa shape index (κ3) is 8.55. The molecule has 0 fully saturated rings. The van der Waals surface area contributed by atoms with Crippen LogP contribution in [0.3, 0.4) is 0 Å². The zero-order valence-electron chi connectivity index (χ0n) is 18.9. The number of hydrogen-bond donors (Lipinski definition) is 3. The molecule has 2 rings (SSSR count). The first-order valence-electron chi connectivity index (χ1n) is 11.8. The largest absolute Gasteiger partial charge is 0.508 e. The Bertz CT molecular complexity index is 648. The minimum atomic E-state index is -0.300. The van der Waals surface area contributed by atoms with E-state index in [2.05, 4.69) is 12.2 Å². The quantitative estimate of drug-likeness (QED) is 0.334. The minimum absolute atomic E-state index is 0.0630. The molecule has 0 bridgehead atoms. The summed E-state index contributed by atoms with van der Waals surface area (Å²) in [6.45, 7) is 3.99. The van der Waals surface area contributed by atoms with E-state index in [9.17, 15) is 9.90 Å². The lowest BCUT2D eigenvalue weighted by atomic mass is 9.84. The Morgan fingerprint density at radius 1 is 1.03 bits per heavy atom. The highest BCUT2D eigenvalue weighted by molar-refractivity contribution is 5.73. The van der Waals surface area contributed by atoms with E-state index in [-0.39, 0.29) is 23.3 Å². The van der Waals surface area contributed by atoms with Gasteiger partial charge in [-0.3, -0.25) is 4.79 Å². The lowest BCUT2D eigenvalue weighted by Crippen LogP contribution is -2.42. The van der Waals surface area contributed by atoms with Crippen molar-refractivity contribution in [3.63, 3.8) is 0 Å². The number of carbonyl (C=O) groups excluding carboxylic acids is 1. The minimum Gasteiger partial charge on any atom is -0.508 e. The predicted octanol–water partition coefficient (Wildman–Crippen LogP) is 5.78. The van der Waals surface area contributed by atoms with Crippen LogP contribution < -0.4 is 10.1 Å². The van der Waals surface area contributed by atoms with Crippen molar-refractivity contribution >= 4 is 5.91 Å². The molecule has 5 nitrogen and oxygen atoms in total. The highest BCUT2D eigenvalue weighted by atomic mass is 16.5. The highest BCUT2D eigenvalue weighted by Gasteiger charge is 2.37. The van der Waals surface area contributed by atoms with Crippen LogP contribution in [-0.4, -0.2) is 28.3 Å². The van der Waals surface area contributed by atoms with Crippen LogP contribution >= 0.6 is 0 Å². The summed E-state index contributed by atoms with van der Waals surface area (Å²) >= 11 is 0. The number of unbranched alkanes of at least 4 members (excludes halogenated alkanes) is 10. The van der Waals surface area contributed by atoms with Gasteiger partial charge in [0.05, 0.1) is 6.04 Å². The molecule has 30 heavy (non-hydrogen) atoms. The number of benzene rings is 1. The van der Waals surface area contributed by atoms with E-state index in [1.54, 1.807) is 18.2 Å². The van der Waals surface area contributed by atoms with Crippen LogP contribution in [0.25, 0.3) is 0 Å². The number of phenols is 1. The Balaban J connectivity index is 1.67. The molecule has 1 heterocycles. The molecule has 1 aliphatic rings. The van der Waals surface area contributed by atoms with E-state index < -0.39 is 0 Å². The summed E-state index contributed by atoms with van der Waals surface area (Å²) in [5, 5.41) is 21.6. The molecular formula is C25H41NO4. The fourth-order valence-corrected chi connectivity index (χ4v) is 4.48. The lowest BCUT2D eigenvalue weighted by molar-refractivity contribution is -0.120. The summed E-state index contributed by atoms with van der Waals surface area (Å²) in [6, 6.07) is 5.02. The first-order chi connectivity index (χ1) is 14.4. The summed E-state index contributed by atoms with van der Waals surface area (Å²) in [5.41, 5.74) is 0.560. The Labute approximate surface area is 182 Å². The Morgan fingerprint density at radius 2 is 1.60 bits per heavy atom.